The third kappa shape index (κ3) is 2.69. The van der Waals surface area contributed by atoms with E-state index in [1.807, 2.05) is 0 Å². The molecule has 0 aliphatic heterocycles. The second kappa shape index (κ2) is 5.55. The number of pyridine rings is 1. The van der Waals surface area contributed by atoms with E-state index in [2.05, 4.69) is 29.5 Å². The SMILES string of the molecule is CNc1nccc(C(=O)NC2CCC(C)C2C)c1F. The highest BCUT2D eigenvalue weighted by Crippen LogP contribution is 2.31. The van der Waals surface area contributed by atoms with E-state index in [0.717, 1.165) is 12.8 Å². The molecule has 1 aliphatic carbocycles. The van der Waals surface area contributed by atoms with Crippen LogP contribution < -0.4 is 10.6 Å². The van der Waals surface area contributed by atoms with Crippen molar-refractivity contribution in [2.75, 3.05) is 12.4 Å². The van der Waals surface area contributed by atoms with Gasteiger partial charge in [-0.3, -0.25) is 4.79 Å². The van der Waals surface area contributed by atoms with E-state index in [9.17, 15) is 9.18 Å². The fourth-order valence-corrected chi connectivity index (χ4v) is 2.61. The monoisotopic (exact) mass is 265 g/mol. The Morgan fingerprint density at radius 1 is 1.42 bits per heavy atom. The Morgan fingerprint density at radius 3 is 2.74 bits per heavy atom. The molecule has 1 aromatic rings. The number of nitrogens with zero attached hydrogens (tertiary/aromatic N) is 1. The van der Waals surface area contributed by atoms with Crippen LogP contribution in [0.5, 0.6) is 0 Å². The first-order chi connectivity index (χ1) is 9.04. The molecule has 0 radical (unpaired) electrons. The van der Waals surface area contributed by atoms with Crippen molar-refractivity contribution < 1.29 is 9.18 Å². The van der Waals surface area contributed by atoms with Crippen LogP contribution in [0, 0.1) is 17.7 Å². The molecule has 4 nitrogen and oxygen atoms in total. The summed E-state index contributed by atoms with van der Waals surface area (Å²) in [4.78, 5) is 16.0. The van der Waals surface area contributed by atoms with Crippen LogP contribution in [0.3, 0.4) is 0 Å². The maximum absolute atomic E-state index is 14.0. The average molecular weight is 265 g/mol. The zero-order valence-corrected chi connectivity index (χ0v) is 11.5. The van der Waals surface area contributed by atoms with Gasteiger partial charge >= 0.3 is 0 Å². The maximum Gasteiger partial charge on any atom is 0.254 e. The van der Waals surface area contributed by atoms with Crippen LogP contribution in [0.25, 0.3) is 0 Å². The number of carbonyl (C=O) groups is 1. The molecule has 5 heteroatoms. The maximum atomic E-state index is 14.0. The minimum absolute atomic E-state index is 0.0473. The number of amides is 1. The van der Waals surface area contributed by atoms with E-state index in [4.69, 9.17) is 0 Å². The molecule has 3 atom stereocenters. The van der Waals surface area contributed by atoms with Gasteiger partial charge in [-0.1, -0.05) is 13.8 Å². The number of hydrogen-bond acceptors (Lipinski definition) is 3. The van der Waals surface area contributed by atoms with Crippen LogP contribution in [0.4, 0.5) is 10.2 Å². The predicted molar refractivity (Wildman–Crippen MR) is 72.6 cm³/mol. The summed E-state index contributed by atoms with van der Waals surface area (Å²) in [6.45, 7) is 4.31. The lowest BCUT2D eigenvalue weighted by molar-refractivity contribution is 0.0923. The molecule has 1 fully saturated rings. The Morgan fingerprint density at radius 2 is 2.16 bits per heavy atom. The van der Waals surface area contributed by atoms with E-state index in [0.29, 0.717) is 11.8 Å². The van der Waals surface area contributed by atoms with Gasteiger partial charge in [-0.05, 0) is 30.7 Å². The highest BCUT2D eigenvalue weighted by Gasteiger charge is 2.31. The minimum atomic E-state index is -0.596. The van der Waals surface area contributed by atoms with Crippen LogP contribution >= 0.6 is 0 Å². The van der Waals surface area contributed by atoms with Crippen LogP contribution in [0.1, 0.15) is 37.0 Å². The normalized spacial score (nSPS) is 26.2. The smallest absolute Gasteiger partial charge is 0.254 e. The second-order valence-electron chi connectivity index (χ2n) is 5.26. The van der Waals surface area contributed by atoms with Crippen molar-refractivity contribution in [1.29, 1.82) is 0 Å². The van der Waals surface area contributed by atoms with Gasteiger partial charge in [0.2, 0.25) is 0 Å². The number of carbonyl (C=O) groups excluding carboxylic acids is 1. The van der Waals surface area contributed by atoms with Crippen LogP contribution in [0.2, 0.25) is 0 Å². The molecule has 3 unspecified atom stereocenters. The number of anilines is 1. The first-order valence-electron chi connectivity index (χ1n) is 6.67. The molecular weight excluding hydrogens is 245 g/mol. The van der Waals surface area contributed by atoms with Gasteiger partial charge < -0.3 is 10.6 Å². The van der Waals surface area contributed by atoms with Crippen molar-refractivity contribution in [2.45, 2.75) is 32.7 Å². The molecule has 1 aromatic heterocycles. The van der Waals surface area contributed by atoms with Gasteiger partial charge in [0.15, 0.2) is 11.6 Å². The Labute approximate surface area is 112 Å². The molecule has 0 saturated heterocycles. The van der Waals surface area contributed by atoms with Crippen LogP contribution in [-0.4, -0.2) is 24.0 Å². The highest BCUT2D eigenvalue weighted by atomic mass is 19.1. The quantitative estimate of drug-likeness (QED) is 0.882. The Hall–Kier alpha value is -1.65. The Kier molecular flexibility index (Phi) is 4.02. The minimum Gasteiger partial charge on any atom is -0.371 e. The number of rotatable bonds is 3. The number of hydrogen-bond donors (Lipinski definition) is 2. The summed E-state index contributed by atoms with van der Waals surface area (Å²) in [5, 5.41) is 5.57. The molecule has 0 bridgehead atoms. The molecule has 1 amide bonds. The van der Waals surface area contributed by atoms with Crippen LogP contribution in [0.15, 0.2) is 12.3 Å². The third-order valence-electron chi connectivity index (χ3n) is 4.15. The first-order valence-corrected chi connectivity index (χ1v) is 6.67. The molecule has 0 aromatic carbocycles. The number of nitrogens with one attached hydrogen (secondary N) is 2. The van der Waals surface area contributed by atoms with E-state index < -0.39 is 5.82 Å². The molecule has 2 N–H and O–H groups in total. The van der Waals surface area contributed by atoms with Crippen molar-refractivity contribution >= 4 is 11.7 Å². The largest absolute Gasteiger partial charge is 0.371 e. The highest BCUT2D eigenvalue weighted by molar-refractivity contribution is 5.95. The van der Waals surface area contributed by atoms with Gasteiger partial charge in [-0.25, -0.2) is 9.37 Å². The molecule has 0 spiro atoms. The average Bonchev–Trinajstić information content (AvgIpc) is 2.71. The van der Waals surface area contributed by atoms with Crippen molar-refractivity contribution in [3.8, 4) is 0 Å². The molecule has 1 aliphatic rings. The lowest BCUT2D eigenvalue weighted by Gasteiger charge is -2.20. The topological polar surface area (TPSA) is 54.0 Å². The Balaban J connectivity index is 2.12. The van der Waals surface area contributed by atoms with Gasteiger partial charge in [0.05, 0.1) is 5.56 Å². The first kappa shape index (κ1) is 13.8. The molecule has 1 heterocycles. The van der Waals surface area contributed by atoms with Crippen molar-refractivity contribution in [3.63, 3.8) is 0 Å². The molecule has 1 saturated carbocycles. The number of halogens is 1. The standard InChI is InChI=1S/C14H20FN3O/c1-8-4-5-11(9(8)2)18-14(19)10-6-7-17-13(16-3)12(10)15/h6-9,11H,4-5H2,1-3H3,(H,16,17)(H,18,19). The van der Waals surface area contributed by atoms with E-state index in [1.165, 1.54) is 12.3 Å². The second-order valence-corrected chi connectivity index (χ2v) is 5.26. The van der Waals surface area contributed by atoms with E-state index in [-0.39, 0.29) is 23.3 Å². The van der Waals surface area contributed by atoms with Crippen molar-refractivity contribution in [3.05, 3.63) is 23.6 Å². The van der Waals surface area contributed by atoms with E-state index >= 15 is 0 Å². The zero-order chi connectivity index (χ0) is 14.0. The predicted octanol–water partition coefficient (Wildman–Crippen LogP) is 2.43. The summed E-state index contributed by atoms with van der Waals surface area (Å²) in [7, 11) is 1.58. The molecule has 104 valence electrons. The molecule has 19 heavy (non-hydrogen) atoms. The van der Waals surface area contributed by atoms with Gasteiger partial charge in [-0.15, -0.1) is 0 Å². The van der Waals surface area contributed by atoms with Gasteiger partial charge in [0.1, 0.15) is 0 Å². The summed E-state index contributed by atoms with van der Waals surface area (Å²) in [6.07, 6.45) is 3.50. The summed E-state index contributed by atoms with van der Waals surface area (Å²) in [5.41, 5.74) is 0.0473. The number of aromatic nitrogens is 1. The Bertz CT molecular complexity index is 478. The lowest BCUT2D eigenvalue weighted by Crippen LogP contribution is -2.37. The van der Waals surface area contributed by atoms with Gasteiger partial charge in [0, 0.05) is 19.3 Å². The summed E-state index contributed by atoms with van der Waals surface area (Å²) in [5.74, 6) is 0.169. The van der Waals surface area contributed by atoms with E-state index in [1.54, 1.807) is 7.05 Å². The fraction of sp³-hybridized carbons (Fsp3) is 0.571. The fourth-order valence-electron chi connectivity index (χ4n) is 2.61. The summed E-state index contributed by atoms with van der Waals surface area (Å²) < 4.78 is 14.0. The zero-order valence-electron chi connectivity index (χ0n) is 11.5. The molecule has 2 rings (SSSR count). The van der Waals surface area contributed by atoms with Crippen molar-refractivity contribution in [1.82, 2.24) is 10.3 Å². The third-order valence-corrected chi connectivity index (χ3v) is 4.15. The van der Waals surface area contributed by atoms with Crippen molar-refractivity contribution in [2.24, 2.45) is 11.8 Å². The summed E-state index contributed by atoms with van der Waals surface area (Å²) in [6, 6.07) is 1.54. The lowest BCUT2D eigenvalue weighted by atomic mass is 9.97. The van der Waals surface area contributed by atoms with Gasteiger partial charge in [0.25, 0.3) is 5.91 Å². The van der Waals surface area contributed by atoms with Crippen LogP contribution in [-0.2, 0) is 0 Å². The molecular formula is C14H20FN3O. The van der Waals surface area contributed by atoms with Gasteiger partial charge in [-0.2, -0.15) is 0 Å². The summed E-state index contributed by atoms with van der Waals surface area (Å²) >= 11 is 0.